The fourth-order valence-corrected chi connectivity index (χ4v) is 5.23. The van der Waals surface area contributed by atoms with Gasteiger partial charge in [-0.15, -0.1) is 0 Å². The van der Waals surface area contributed by atoms with Crippen LogP contribution >= 0.6 is 0 Å². The van der Waals surface area contributed by atoms with Gasteiger partial charge in [0, 0.05) is 5.69 Å². The first-order valence-corrected chi connectivity index (χ1v) is 9.16. The number of phenolic OH excluding ortho intramolecular Hbond substituents is 1. The van der Waals surface area contributed by atoms with Crippen molar-refractivity contribution < 1.29 is 21.9 Å². The summed E-state index contributed by atoms with van der Waals surface area (Å²) < 4.78 is 49.1. The van der Waals surface area contributed by atoms with Crippen molar-refractivity contribution in [3.05, 3.63) is 24.3 Å². The Morgan fingerprint density at radius 1 is 1.11 bits per heavy atom. The standard InChI is InChI=1S/C11H15NO5S2/c13-10-3-1-9(2-4-10)12-19(16,17)11-5-7-18(14,15)8-6-11/h1-4,11-13H,5-8H2. The van der Waals surface area contributed by atoms with Gasteiger partial charge < -0.3 is 5.11 Å². The number of sulfone groups is 1. The van der Waals surface area contributed by atoms with Crippen molar-refractivity contribution in [1.29, 1.82) is 0 Å². The second kappa shape index (κ2) is 5.01. The maximum absolute atomic E-state index is 12.1. The molecule has 1 aromatic carbocycles. The van der Waals surface area contributed by atoms with Crippen LogP contribution in [-0.4, -0.2) is 38.7 Å². The molecule has 0 atom stereocenters. The highest BCUT2D eigenvalue weighted by Crippen LogP contribution is 2.22. The molecule has 1 saturated heterocycles. The molecule has 1 fully saturated rings. The summed E-state index contributed by atoms with van der Waals surface area (Å²) in [6.45, 7) is 0. The number of benzene rings is 1. The molecule has 1 aromatic rings. The van der Waals surface area contributed by atoms with Crippen molar-refractivity contribution >= 4 is 25.5 Å². The van der Waals surface area contributed by atoms with E-state index in [0.717, 1.165) is 0 Å². The van der Waals surface area contributed by atoms with Crippen LogP contribution < -0.4 is 4.72 Å². The van der Waals surface area contributed by atoms with Gasteiger partial charge in [0.25, 0.3) is 0 Å². The zero-order valence-electron chi connectivity index (χ0n) is 10.1. The average Bonchev–Trinajstić information content (AvgIpc) is 2.31. The third kappa shape index (κ3) is 3.60. The molecule has 6 nitrogen and oxygen atoms in total. The molecule has 0 saturated carbocycles. The summed E-state index contributed by atoms with van der Waals surface area (Å²) in [5.41, 5.74) is 0.353. The summed E-state index contributed by atoms with van der Waals surface area (Å²) in [6, 6.07) is 5.66. The van der Waals surface area contributed by atoms with Crippen molar-refractivity contribution in [2.75, 3.05) is 16.2 Å². The molecule has 0 unspecified atom stereocenters. The van der Waals surface area contributed by atoms with Crippen LogP contribution in [0.5, 0.6) is 5.75 Å². The van der Waals surface area contributed by atoms with Crippen molar-refractivity contribution in [1.82, 2.24) is 0 Å². The summed E-state index contributed by atoms with van der Waals surface area (Å²) in [5.74, 6) is -0.130. The molecule has 1 aliphatic heterocycles. The predicted octanol–water partition coefficient (Wildman–Crippen LogP) is 0.711. The lowest BCUT2D eigenvalue weighted by Gasteiger charge is -2.22. The number of sulfonamides is 1. The lowest BCUT2D eigenvalue weighted by Crippen LogP contribution is -2.35. The molecule has 0 bridgehead atoms. The van der Waals surface area contributed by atoms with Crippen LogP contribution in [0.25, 0.3) is 0 Å². The van der Waals surface area contributed by atoms with E-state index in [4.69, 9.17) is 5.11 Å². The van der Waals surface area contributed by atoms with Gasteiger partial charge in [0.1, 0.15) is 15.6 Å². The normalized spacial score (nSPS) is 20.0. The number of phenols is 1. The number of anilines is 1. The van der Waals surface area contributed by atoms with Crippen LogP contribution in [0, 0.1) is 0 Å². The topological polar surface area (TPSA) is 101 Å². The Morgan fingerprint density at radius 2 is 1.63 bits per heavy atom. The van der Waals surface area contributed by atoms with Crippen LogP contribution in [0.4, 0.5) is 5.69 Å². The van der Waals surface area contributed by atoms with Crippen LogP contribution in [0.3, 0.4) is 0 Å². The van der Waals surface area contributed by atoms with E-state index in [2.05, 4.69) is 4.72 Å². The largest absolute Gasteiger partial charge is 0.508 e. The van der Waals surface area contributed by atoms with Crippen LogP contribution in [0.1, 0.15) is 12.8 Å². The number of hydrogen-bond donors (Lipinski definition) is 2. The van der Waals surface area contributed by atoms with Crippen molar-refractivity contribution in [2.24, 2.45) is 0 Å². The number of aromatic hydroxyl groups is 1. The van der Waals surface area contributed by atoms with Crippen LogP contribution in [0.15, 0.2) is 24.3 Å². The van der Waals surface area contributed by atoms with Gasteiger partial charge in [0.05, 0.1) is 16.8 Å². The zero-order valence-corrected chi connectivity index (χ0v) is 11.7. The summed E-state index contributed by atoms with van der Waals surface area (Å²) in [7, 11) is -6.68. The van der Waals surface area contributed by atoms with Gasteiger partial charge >= 0.3 is 0 Å². The predicted molar refractivity (Wildman–Crippen MR) is 72.3 cm³/mol. The molecule has 106 valence electrons. The number of rotatable bonds is 3. The molecule has 1 heterocycles. The molecule has 0 amide bonds. The molecule has 0 aliphatic carbocycles. The summed E-state index contributed by atoms with van der Waals surface area (Å²) in [5, 5.41) is 8.43. The first kappa shape index (κ1) is 14.1. The molecule has 1 aliphatic rings. The van der Waals surface area contributed by atoms with E-state index in [1.54, 1.807) is 0 Å². The fourth-order valence-electron chi connectivity index (χ4n) is 1.96. The zero-order chi connectivity index (χ0) is 14.1. The summed E-state index contributed by atoms with van der Waals surface area (Å²) >= 11 is 0. The average molecular weight is 305 g/mol. The monoisotopic (exact) mass is 305 g/mol. The molecule has 0 radical (unpaired) electrons. The van der Waals surface area contributed by atoms with Crippen molar-refractivity contribution in [2.45, 2.75) is 18.1 Å². The number of hydrogen-bond acceptors (Lipinski definition) is 5. The van der Waals surface area contributed by atoms with E-state index in [1.165, 1.54) is 24.3 Å². The third-order valence-electron chi connectivity index (χ3n) is 3.07. The first-order chi connectivity index (χ1) is 8.78. The second-order valence-electron chi connectivity index (χ2n) is 4.55. The Bertz CT molecular complexity index is 635. The molecule has 0 aromatic heterocycles. The summed E-state index contributed by atoms with van der Waals surface area (Å²) in [6.07, 6.45) is 0.242. The SMILES string of the molecule is O=S1(=O)CCC(S(=O)(=O)Nc2ccc(O)cc2)CC1. The smallest absolute Gasteiger partial charge is 0.235 e. The first-order valence-electron chi connectivity index (χ1n) is 5.80. The van der Waals surface area contributed by atoms with Gasteiger partial charge in [-0.05, 0) is 37.1 Å². The van der Waals surface area contributed by atoms with Crippen molar-refractivity contribution in [3.63, 3.8) is 0 Å². The van der Waals surface area contributed by atoms with E-state index in [9.17, 15) is 16.8 Å². The van der Waals surface area contributed by atoms with Gasteiger partial charge in [-0.3, -0.25) is 4.72 Å². The number of nitrogens with one attached hydrogen (secondary N) is 1. The van der Waals surface area contributed by atoms with Crippen LogP contribution in [0.2, 0.25) is 0 Å². The van der Waals surface area contributed by atoms with Gasteiger partial charge in [0.2, 0.25) is 10.0 Å². The Labute approximate surface area is 112 Å². The van der Waals surface area contributed by atoms with Crippen LogP contribution in [-0.2, 0) is 19.9 Å². The van der Waals surface area contributed by atoms with Gasteiger partial charge in [0.15, 0.2) is 0 Å². The van der Waals surface area contributed by atoms with E-state index in [1.807, 2.05) is 0 Å². The maximum atomic E-state index is 12.1. The third-order valence-corrected chi connectivity index (χ3v) is 6.65. The van der Waals surface area contributed by atoms with E-state index in [-0.39, 0.29) is 30.1 Å². The minimum Gasteiger partial charge on any atom is -0.508 e. The molecular weight excluding hydrogens is 290 g/mol. The lowest BCUT2D eigenvalue weighted by atomic mass is 10.2. The Balaban J connectivity index is 2.09. The van der Waals surface area contributed by atoms with E-state index >= 15 is 0 Å². The highest BCUT2D eigenvalue weighted by atomic mass is 32.2. The lowest BCUT2D eigenvalue weighted by molar-refractivity contribution is 0.475. The van der Waals surface area contributed by atoms with E-state index < -0.39 is 25.1 Å². The molecule has 8 heteroatoms. The highest BCUT2D eigenvalue weighted by molar-refractivity contribution is 7.94. The van der Waals surface area contributed by atoms with Gasteiger partial charge in [-0.25, -0.2) is 16.8 Å². The molecule has 2 rings (SSSR count). The van der Waals surface area contributed by atoms with Crippen molar-refractivity contribution in [3.8, 4) is 5.75 Å². The highest BCUT2D eigenvalue weighted by Gasteiger charge is 2.32. The quantitative estimate of drug-likeness (QED) is 0.801. The Hall–Kier alpha value is -1.28. The van der Waals surface area contributed by atoms with Gasteiger partial charge in [-0.2, -0.15) is 0 Å². The molecular formula is C11H15NO5S2. The Kier molecular flexibility index (Phi) is 3.73. The fraction of sp³-hybridized carbons (Fsp3) is 0.455. The molecule has 0 spiro atoms. The molecule has 2 N–H and O–H groups in total. The second-order valence-corrected chi connectivity index (χ2v) is 8.81. The minimum absolute atomic E-state index is 0.0479. The molecule has 19 heavy (non-hydrogen) atoms. The maximum Gasteiger partial charge on any atom is 0.235 e. The van der Waals surface area contributed by atoms with Gasteiger partial charge in [-0.1, -0.05) is 0 Å². The minimum atomic E-state index is -3.60. The van der Waals surface area contributed by atoms with E-state index in [0.29, 0.717) is 5.69 Å². The summed E-state index contributed by atoms with van der Waals surface area (Å²) in [4.78, 5) is 0. The Morgan fingerprint density at radius 3 is 2.16 bits per heavy atom.